The van der Waals surface area contributed by atoms with E-state index in [0.717, 1.165) is 17.5 Å². The van der Waals surface area contributed by atoms with Crippen molar-refractivity contribution in [3.63, 3.8) is 0 Å². The first-order valence-electron chi connectivity index (χ1n) is 8.78. The monoisotopic (exact) mass is 364 g/mol. The first-order chi connectivity index (χ1) is 12.5. The normalized spacial score (nSPS) is 14.9. The first-order valence-corrected chi connectivity index (χ1v) is 8.78. The maximum Gasteiger partial charge on any atom is 0.635 e. The van der Waals surface area contributed by atoms with Gasteiger partial charge in [0.25, 0.3) is 0 Å². The minimum absolute atomic E-state index is 0.195. The summed E-state index contributed by atoms with van der Waals surface area (Å²) >= 11 is 0. The molecular formula is C17H25BN2O6. The molecule has 142 valence electrons. The van der Waals surface area contributed by atoms with Crippen LogP contribution in [0.1, 0.15) is 30.9 Å². The van der Waals surface area contributed by atoms with E-state index in [0.29, 0.717) is 32.5 Å². The zero-order valence-electron chi connectivity index (χ0n) is 14.9. The SMILES string of the molecule is CCc1cccc(C[C@H](NC(=O)CCCN2CCOC2=O)OB(O)O)c1. The van der Waals surface area contributed by atoms with Crippen LogP contribution in [0.4, 0.5) is 4.79 Å². The molecule has 1 aliphatic heterocycles. The van der Waals surface area contributed by atoms with Gasteiger partial charge in [-0.1, -0.05) is 31.2 Å². The van der Waals surface area contributed by atoms with Crippen molar-refractivity contribution >= 4 is 19.3 Å². The van der Waals surface area contributed by atoms with Crippen molar-refractivity contribution in [3.05, 3.63) is 35.4 Å². The number of ether oxygens (including phenoxy) is 1. The smallest absolute Gasteiger partial charge is 0.448 e. The molecule has 1 fully saturated rings. The number of nitrogens with one attached hydrogen (secondary N) is 1. The van der Waals surface area contributed by atoms with Gasteiger partial charge in [-0.3, -0.25) is 4.79 Å². The van der Waals surface area contributed by atoms with E-state index < -0.39 is 13.5 Å². The third-order valence-corrected chi connectivity index (χ3v) is 4.11. The van der Waals surface area contributed by atoms with Crippen LogP contribution in [0.2, 0.25) is 0 Å². The quantitative estimate of drug-likeness (QED) is 0.411. The fraction of sp³-hybridized carbons (Fsp3) is 0.529. The van der Waals surface area contributed by atoms with E-state index in [2.05, 4.69) is 5.32 Å². The topological polar surface area (TPSA) is 108 Å². The minimum Gasteiger partial charge on any atom is -0.448 e. The van der Waals surface area contributed by atoms with Crippen LogP contribution in [0.5, 0.6) is 0 Å². The van der Waals surface area contributed by atoms with Gasteiger partial charge >= 0.3 is 13.4 Å². The Morgan fingerprint density at radius 3 is 2.85 bits per heavy atom. The maximum absolute atomic E-state index is 12.1. The van der Waals surface area contributed by atoms with Gasteiger partial charge in [0.1, 0.15) is 12.8 Å². The Balaban J connectivity index is 1.83. The van der Waals surface area contributed by atoms with Crippen LogP contribution in [0, 0.1) is 0 Å². The molecule has 9 heteroatoms. The number of amides is 2. The molecule has 0 aliphatic carbocycles. The third-order valence-electron chi connectivity index (χ3n) is 4.11. The number of carbonyl (C=O) groups is 2. The molecular weight excluding hydrogens is 339 g/mol. The van der Waals surface area contributed by atoms with Gasteiger partial charge in [-0.15, -0.1) is 0 Å². The highest BCUT2D eigenvalue weighted by Crippen LogP contribution is 2.10. The van der Waals surface area contributed by atoms with Crippen LogP contribution < -0.4 is 5.32 Å². The van der Waals surface area contributed by atoms with E-state index in [4.69, 9.17) is 19.4 Å². The third kappa shape index (κ3) is 6.66. The number of carbonyl (C=O) groups excluding carboxylic acids is 2. The summed E-state index contributed by atoms with van der Waals surface area (Å²) in [5.74, 6) is -0.283. The van der Waals surface area contributed by atoms with Crippen LogP contribution in [-0.4, -0.2) is 60.2 Å². The number of aryl methyl sites for hydroxylation is 1. The van der Waals surface area contributed by atoms with Gasteiger partial charge in [0.15, 0.2) is 0 Å². The summed E-state index contributed by atoms with van der Waals surface area (Å²) in [6.07, 6.45) is 0.668. The molecule has 26 heavy (non-hydrogen) atoms. The zero-order valence-corrected chi connectivity index (χ0v) is 14.9. The van der Waals surface area contributed by atoms with Gasteiger partial charge in [0, 0.05) is 19.4 Å². The predicted octanol–water partition coefficient (Wildman–Crippen LogP) is 0.452. The average molecular weight is 364 g/mol. The standard InChI is InChI=1S/C17H25BN2O6/c1-2-13-5-3-6-14(11-13)12-16(26-18(23)24)19-15(21)7-4-8-20-9-10-25-17(20)22/h3,5-6,11,16,23-24H,2,4,7-10,12H2,1H3,(H,19,21)/t16-/m1/s1. The summed E-state index contributed by atoms with van der Waals surface area (Å²) in [5.41, 5.74) is 2.07. The van der Waals surface area contributed by atoms with Crippen molar-refractivity contribution in [3.8, 4) is 0 Å². The van der Waals surface area contributed by atoms with E-state index in [1.165, 1.54) is 0 Å². The van der Waals surface area contributed by atoms with E-state index >= 15 is 0 Å². The molecule has 3 N–H and O–H groups in total. The van der Waals surface area contributed by atoms with E-state index in [9.17, 15) is 9.59 Å². The molecule has 2 amide bonds. The van der Waals surface area contributed by atoms with Gasteiger partial charge in [0.05, 0.1) is 6.54 Å². The minimum atomic E-state index is -1.98. The van der Waals surface area contributed by atoms with Gasteiger partial charge in [-0.05, 0) is 24.0 Å². The van der Waals surface area contributed by atoms with Gasteiger partial charge in [-0.2, -0.15) is 0 Å². The fourth-order valence-electron chi connectivity index (χ4n) is 2.78. The molecule has 1 aliphatic rings. The molecule has 0 aromatic heterocycles. The molecule has 1 aromatic carbocycles. The highest BCUT2D eigenvalue weighted by atomic mass is 16.6. The summed E-state index contributed by atoms with van der Waals surface area (Å²) in [6, 6.07) is 7.80. The Morgan fingerprint density at radius 1 is 1.42 bits per heavy atom. The van der Waals surface area contributed by atoms with E-state index in [-0.39, 0.29) is 18.4 Å². The van der Waals surface area contributed by atoms with Crippen LogP contribution in [0.25, 0.3) is 0 Å². The van der Waals surface area contributed by atoms with Crippen molar-refractivity contribution in [1.82, 2.24) is 10.2 Å². The molecule has 0 spiro atoms. The highest BCUT2D eigenvalue weighted by molar-refractivity contribution is 6.32. The molecule has 1 heterocycles. The summed E-state index contributed by atoms with van der Waals surface area (Å²) in [5, 5.41) is 20.8. The molecule has 1 aromatic rings. The molecule has 0 saturated carbocycles. The zero-order chi connectivity index (χ0) is 18.9. The Kier molecular flexibility index (Phi) is 7.89. The van der Waals surface area contributed by atoms with Gasteiger partial charge < -0.3 is 29.7 Å². The van der Waals surface area contributed by atoms with Crippen molar-refractivity contribution in [2.45, 2.75) is 38.8 Å². The lowest BCUT2D eigenvalue weighted by molar-refractivity contribution is -0.124. The Hall–Kier alpha value is -2.10. The molecule has 0 unspecified atom stereocenters. The van der Waals surface area contributed by atoms with Crippen molar-refractivity contribution in [2.24, 2.45) is 0 Å². The number of hydrogen-bond acceptors (Lipinski definition) is 6. The fourth-order valence-corrected chi connectivity index (χ4v) is 2.78. The predicted molar refractivity (Wildman–Crippen MR) is 94.9 cm³/mol. The Bertz CT molecular complexity index is 613. The molecule has 1 atom stereocenters. The lowest BCUT2D eigenvalue weighted by Crippen LogP contribution is -2.42. The van der Waals surface area contributed by atoms with Crippen LogP contribution >= 0.6 is 0 Å². The van der Waals surface area contributed by atoms with Crippen LogP contribution in [-0.2, 0) is 27.0 Å². The molecule has 2 rings (SSSR count). The molecule has 8 nitrogen and oxygen atoms in total. The number of nitrogens with zero attached hydrogens (tertiary/aromatic N) is 1. The Labute approximate surface area is 153 Å². The highest BCUT2D eigenvalue weighted by Gasteiger charge is 2.23. The summed E-state index contributed by atoms with van der Waals surface area (Å²) in [6.45, 7) is 3.41. The summed E-state index contributed by atoms with van der Waals surface area (Å²) < 4.78 is 9.82. The second-order valence-corrected chi connectivity index (χ2v) is 6.10. The van der Waals surface area contributed by atoms with E-state index in [1.54, 1.807) is 4.90 Å². The largest absolute Gasteiger partial charge is 0.635 e. The second-order valence-electron chi connectivity index (χ2n) is 6.10. The van der Waals surface area contributed by atoms with Crippen molar-refractivity contribution in [2.75, 3.05) is 19.7 Å². The molecule has 0 bridgehead atoms. The summed E-state index contributed by atoms with van der Waals surface area (Å²) in [4.78, 5) is 25.0. The molecule has 0 radical (unpaired) electrons. The molecule has 1 saturated heterocycles. The Morgan fingerprint density at radius 2 is 2.19 bits per heavy atom. The van der Waals surface area contributed by atoms with Crippen LogP contribution in [0.3, 0.4) is 0 Å². The van der Waals surface area contributed by atoms with Crippen molar-refractivity contribution in [1.29, 1.82) is 0 Å². The number of cyclic esters (lactones) is 1. The number of rotatable bonds is 10. The lowest BCUT2D eigenvalue weighted by Gasteiger charge is -2.20. The van der Waals surface area contributed by atoms with Crippen LogP contribution in [0.15, 0.2) is 24.3 Å². The average Bonchev–Trinajstić information content (AvgIpc) is 2.99. The maximum atomic E-state index is 12.1. The lowest BCUT2D eigenvalue weighted by atomic mass is 10.1. The number of hydrogen-bond donors (Lipinski definition) is 3. The first kappa shape index (κ1) is 20.2. The number of benzene rings is 1. The second kappa shape index (κ2) is 10.2. The van der Waals surface area contributed by atoms with Gasteiger partial charge in [0.2, 0.25) is 5.91 Å². The van der Waals surface area contributed by atoms with Gasteiger partial charge in [-0.25, -0.2) is 4.79 Å². The summed E-state index contributed by atoms with van der Waals surface area (Å²) in [7, 11) is -1.98. The van der Waals surface area contributed by atoms with Crippen molar-refractivity contribution < 1.29 is 29.0 Å². The van der Waals surface area contributed by atoms with E-state index in [1.807, 2.05) is 31.2 Å².